The molecule has 0 aromatic heterocycles. The lowest BCUT2D eigenvalue weighted by Crippen LogP contribution is -1.70. The van der Waals surface area contributed by atoms with Crippen LogP contribution in [0.2, 0.25) is 0 Å². The van der Waals surface area contributed by atoms with E-state index in [2.05, 4.69) is 17.2 Å². The molecule has 0 aliphatic heterocycles. The lowest BCUT2D eigenvalue weighted by Gasteiger charge is -1.69. The summed E-state index contributed by atoms with van der Waals surface area (Å²) >= 11 is 4.44. The minimum atomic E-state index is 0.827. The van der Waals surface area contributed by atoms with Gasteiger partial charge in [-0.1, -0.05) is 12.2 Å². The molecular weight excluding hydrogens is 94.1 g/mol. The molecule has 0 atom stereocenters. The monoisotopic (exact) mass is 101 g/mol. The molecule has 0 aromatic carbocycles. The standard InChI is InChI=1S/C4H7NS/c1-2-5-3-4-6/h3-4H,2H2,1H3. The van der Waals surface area contributed by atoms with Crippen LogP contribution in [-0.2, 0) is 0 Å². The Hall–Kier alpha value is -0.240. The van der Waals surface area contributed by atoms with Gasteiger partial charge in [-0.15, -0.1) is 0 Å². The van der Waals surface area contributed by atoms with Crippen LogP contribution in [0.4, 0.5) is 0 Å². The SMILES string of the molecule is CCN=CC=S. The van der Waals surface area contributed by atoms with Crippen molar-refractivity contribution in [1.29, 1.82) is 0 Å². The fourth-order valence-electron chi connectivity index (χ4n) is 0.148. The Balaban J connectivity index is 2.94. The summed E-state index contributed by atoms with van der Waals surface area (Å²) in [6.45, 7) is 2.79. The maximum atomic E-state index is 4.44. The first-order valence-corrected chi connectivity index (χ1v) is 2.32. The zero-order chi connectivity index (χ0) is 4.83. The van der Waals surface area contributed by atoms with E-state index in [1.807, 2.05) is 6.92 Å². The molecule has 34 valence electrons. The minimum Gasteiger partial charge on any atom is -0.293 e. The number of thiocarbonyl (C=S) groups is 1. The summed E-state index contributed by atoms with van der Waals surface area (Å²) in [6.07, 6.45) is 1.62. The van der Waals surface area contributed by atoms with E-state index in [0.29, 0.717) is 0 Å². The molecule has 0 rings (SSSR count). The van der Waals surface area contributed by atoms with Gasteiger partial charge in [-0.25, -0.2) is 0 Å². The van der Waals surface area contributed by atoms with Gasteiger partial charge in [-0.3, -0.25) is 4.99 Å². The van der Waals surface area contributed by atoms with Crippen LogP contribution in [0.1, 0.15) is 6.92 Å². The molecule has 0 bridgehead atoms. The molecule has 0 radical (unpaired) electrons. The summed E-state index contributed by atoms with van der Waals surface area (Å²) < 4.78 is 0. The molecule has 0 spiro atoms. The van der Waals surface area contributed by atoms with Crippen LogP contribution in [0.5, 0.6) is 0 Å². The van der Waals surface area contributed by atoms with E-state index in [-0.39, 0.29) is 0 Å². The second-order valence-electron chi connectivity index (χ2n) is 0.784. The molecule has 1 nitrogen and oxygen atoms in total. The molecule has 0 N–H and O–H groups in total. The predicted octanol–water partition coefficient (Wildman–Crippen LogP) is 1.08. The highest BCUT2D eigenvalue weighted by Crippen LogP contribution is 1.58. The number of rotatable bonds is 2. The lowest BCUT2D eigenvalue weighted by molar-refractivity contribution is 1.14. The maximum absolute atomic E-state index is 4.44. The van der Waals surface area contributed by atoms with Crippen molar-refractivity contribution in [3.05, 3.63) is 0 Å². The molecule has 0 aliphatic rings. The minimum absolute atomic E-state index is 0.827. The summed E-state index contributed by atoms with van der Waals surface area (Å²) in [5.74, 6) is 0. The van der Waals surface area contributed by atoms with Crippen molar-refractivity contribution in [3.63, 3.8) is 0 Å². The molecule has 0 amide bonds. The average molecular weight is 101 g/mol. The molecule has 0 aromatic rings. The molecular formula is C4H7NS. The summed E-state index contributed by atoms with van der Waals surface area (Å²) in [5.41, 5.74) is 0. The molecule has 0 aliphatic carbocycles. The summed E-state index contributed by atoms with van der Waals surface area (Å²) in [7, 11) is 0. The number of aliphatic imine (C=N–C) groups is 1. The third-order valence-corrected chi connectivity index (χ3v) is 0.471. The molecule has 6 heavy (non-hydrogen) atoms. The first-order chi connectivity index (χ1) is 2.91. The van der Waals surface area contributed by atoms with E-state index in [1.165, 1.54) is 5.37 Å². The van der Waals surface area contributed by atoms with Crippen molar-refractivity contribution in [3.8, 4) is 0 Å². The van der Waals surface area contributed by atoms with Crippen LogP contribution < -0.4 is 0 Å². The van der Waals surface area contributed by atoms with Crippen molar-refractivity contribution in [2.45, 2.75) is 6.92 Å². The third kappa shape index (κ3) is 3.76. The van der Waals surface area contributed by atoms with Gasteiger partial charge in [0.2, 0.25) is 0 Å². The van der Waals surface area contributed by atoms with Gasteiger partial charge >= 0.3 is 0 Å². The predicted molar refractivity (Wildman–Crippen MR) is 32.7 cm³/mol. The number of hydrogen-bond acceptors (Lipinski definition) is 2. The molecule has 0 fully saturated rings. The lowest BCUT2D eigenvalue weighted by atomic mass is 10.8. The van der Waals surface area contributed by atoms with Gasteiger partial charge in [0.05, 0.1) is 0 Å². The van der Waals surface area contributed by atoms with Crippen LogP contribution in [-0.4, -0.2) is 18.1 Å². The van der Waals surface area contributed by atoms with Crippen molar-refractivity contribution >= 4 is 23.8 Å². The first-order valence-electron chi connectivity index (χ1n) is 1.85. The second-order valence-corrected chi connectivity index (χ2v) is 1.06. The Kier molecular flexibility index (Phi) is 4.57. The van der Waals surface area contributed by atoms with Crippen molar-refractivity contribution < 1.29 is 0 Å². The Morgan fingerprint density at radius 1 is 1.83 bits per heavy atom. The highest BCUT2D eigenvalue weighted by Gasteiger charge is 1.55. The Bertz CT molecular complexity index is 58.6. The largest absolute Gasteiger partial charge is 0.293 e. The zero-order valence-electron chi connectivity index (χ0n) is 3.72. The quantitative estimate of drug-likeness (QED) is 0.374. The van der Waals surface area contributed by atoms with Crippen LogP contribution >= 0.6 is 12.2 Å². The van der Waals surface area contributed by atoms with E-state index in [1.54, 1.807) is 6.21 Å². The fraction of sp³-hybridized carbons (Fsp3) is 0.500. The van der Waals surface area contributed by atoms with Gasteiger partial charge in [0, 0.05) is 18.1 Å². The van der Waals surface area contributed by atoms with Gasteiger partial charge < -0.3 is 0 Å². The van der Waals surface area contributed by atoms with Crippen molar-refractivity contribution in [2.75, 3.05) is 6.54 Å². The molecule has 0 saturated carbocycles. The highest BCUT2D eigenvalue weighted by molar-refractivity contribution is 7.80. The zero-order valence-corrected chi connectivity index (χ0v) is 4.53. The number of nitrogens with zero attached hydrogens (tertiary/aromatic N) is 1. The highest BCUT2D eigenvalue weighted by atomic mass is 32.1. The van der Waals surface area contributed by atoms with Gasteiger partial charge in [-0.05, 0) is 6.92 Å². The van der Waals surface area contributed by atoms with Crippen molar-refractivity contribution in [1.82, 2.24) is 0 Å². The normalized spacial score (nSPS) is 9.50. The smallest absolute Gasteiger partial charge is 0.0361 e. The van der Waals surface area contributed by atoms with E-state index in [9.17, 15) is 0 Å². The van der Waals surface area contributed by atoms with E-state index < -0.39 is 0 Å². The summed E-state index contributed by atoms with van der Waals surface area (Å²) in [4.78, 5) is 3.81. The topological polar surface area (TPSA) is 12.4 Å². The maximum Gasteiger partial charge on any atom is 0.0361 e. The third-order valence-electron chi connectivity index (χ3n) is 0.349. The Labute approximate surface area is 43.1 Å². The fourth-order valence-corrected chi connectivity index (χ4v) is 0.235. The van der Waals surface area contributed by atoms with Crippen molar-refractivity contribution in [2.24, 2.45) is 4.99 Å². The molecule has 0 heterocycles. The van der Waals surface area contributed by atoms with E-state index in [0.717, 1.165) is 6.54 Å². The van der Waals surface area contributed by atoms with Gasteiger partial charge in [0.25, 0.3) is 0 Å². The van der Waals surface area contributed by atoms with E-state index >= 15 is 0 Å². The van der Waals surface area contributed by atoms with E-state index in [4.69, 9.17) is 0 Å². The van der Waals surface area contributed by atoms with Crippen LogP contribution in [0.25, 0.3) is 0 Å². The Morgan fingerprint density at radius 3 is 2.67 bits per heavy atom. The van der Waals surface area contributed by atoms with Gasteiger partial charge in [0.15, 0.2) is 0 Å². The molecule has 0 saturated heterocycles. The Morgan fingerprint density at radius 2 is 2.50 bits per heavy atom. The van der Waals surface area contributed by atoms with Gasteiger partial charge in [0.1, 0.15) is 0 Å². The van der Waals surface area contributed by atoms with Gasteiger partial charge in [-0.2, -0.15) is 0 Å². The first kappa shape index (κ1) is 5.76. The average Bonchev–Trinajstić information content (AvgIpc) is 1.61. The van der Waals surface area contributed by atoms with Crippen LogP contribution in [0.15, 0.2) is 4.99 Å². The van der Waals surface area contributed by atoms with Crippen LogP contribution in [0.3, 0.4) is 0 Å². The summed E-state index contributed by atoms with van der Waals surface area (Å²) in [5, 5.41) is 1.50. The number of hydrogen-bond donors (Lipinski definition) is 0. The molecule has 2 heteroatoms. The second kappa shape index (κ2) is 4.76. The van der Waals surface area contributed by atoms with Crippen LogP contribution in [0, 0.1) is 0 Å². The molecule has 0 unspecified atom stereocenters. The summed E-state index contributed by atoms with van der Waals surface area (Å²) in [6, 6.07) is 0.